The maximum Gasteiger partial charge on any atom is 0.138 e. The molecule has 1 aromatic carbocycles. The van der Waals surface area contributed by atoms with Crippen molar-refractivity contribution in [2.24, 2.45) is 0 Å². The van der Waals surface area contributed by atoms with Gasteiger partial charge in [-0.3, -0.25) is 0 Å². The molecule has 1 heterocycles. The van der Waals surface area contributed by atoms with E-state index in [1.165, 1.54) is 5.56 Å². The highest BCUT2D eigenvalue weighted by atomic mass is 35.5. The van der Waals surface area contributed by atoms with Gasteiger partial charge in [0.2, 0.25) is 0 Å². The molecule has 2 aromatic rings. The molecule has 18 heavy (non-hydrogen) atoms. The number of benzene rings is 1. The largest absolute Gasteiger partial charge is 0.237 e. The van der Waals surface area contributed by atoms with Crippen molar-refractivity contribution in [1.29, 1.82) is 0 Å². The Morgan fingerprint density at radius 3 is 2.39 bits per heavy atom. The first-order valence-electron chi connectivity index (χ1n) is 6.00. The van der Waals surface area contributed by atoms with Crippen LogP contribution >= 0.6 is 11.6 Å². The third-order valence-corrected chi connectivity index (χ3v) is 3.37. The number of rotatable bonds is 3. The van der Waals surface area contributed by atoms with Crippen LogP contribution in [0.4, 0.5) is 0 Å². The van der Waals surface area contributed by atoms with Gasteiger partial charge in [0.15, 0.2) is 0 Å². The van der Waals surface area contributed by atoms with Crippen LogP contribution in [0.2, 0.25) is 0 Å². The molecule has 3 heteroatoms. The van der Waals surface area contributed by atoms with Gasteiger partial charge in [-0.25, -0.2) is 9.97 Å². The molecule has 0 fully saturated rings. The average molecular weight is 261 g/mol. The van der Waals surface area contributed by atoms with E-state index in [2.05, 4.69) is 35.9 Å². The van der Waals surface area contributed by atoms with Gasteiger partial charge >= 0.3 is 0 Å². The van der Waals surface area contributed by atoms with Gasteiger partial charge < -0.3 is 0 Å². The number of alkyl halides is 1. The van der Waals surface area contributed by atoms with Crippen LogP contribution in [0.1, 0.15) is 36.6 Å². The van der Waals surface area contributed by atoms with E-state index < -0.39 is 0 Å². The molecule has 0 unspecified atom stereocenters. The zero-order chi connectivity index (χ0) is 13.2. The standard InChI is InChI=1S/C15H17ClN2/c1-11-9-13(10-16)18-14(17-11)15(2,3)12-7-5-4-6-8-12/h4-9H,10H2,1-3H3. The summed E-state index contributed by atoms with van der Waals surface area (Å²) in [6.07, 6.45) is 0. The Bertz CT molecular complexity index is 535. The Morgan fingerprint density at radius 1 is 1.11 bits per heavy atom. The van der Waals surface area contributed by atoms with Crippen LogP contribution in [0.3, 0.4) is 0 Å². The summed E-state index contributed by atoms with van der Waals surface area (Å²) in [6.45, 7) is 6.24. The van der Waals surface area contributed by atoms with Crippen LogP contribution in [0.25, 0.3) is 0 Å². The van der Waals surface area contributed by atoms with Crippen LogP contribution in [0.15, 0.2) is 36.4 Å². The number of halogens is 1. The highest BCUT2D eigenvalue weighted by Gasteiger charge is 2.26. The Labute approximate surface area is 113 Å². The van der Waals surface area contributed by atoms with Crippen molar-refractivity contribution in [3.05, 3.63) is 59.2 Å². The molecule has 0 aliphatic carbocycles. The first-order valence-corrected chi connectivity index (χ1v) is 6.54. The molecule has 2 rings (SSSR count). The lowest BCUT2D eigenvalue weighted by Gasteiger charge is -2.24. The van der Waals surface area contributed by atoms with Crippen LogP contribution in [0.5, 0.6) is 0 Å². The van der Waals surface area contributed by atoms with Crippen LogP contribution in [-0.4, -0.2) is 9.97 Å². The summed E-state index contributed by atoms with van der Waals surface area (Å²) < 4.78 is 0. The minimum Gasteiger partial charge on any atom is -0.237 e. The first-order chi connectivity index (χ1) is 8.54. The lowest BCUT2D eigenvalue weighted by atomic mass is 9.83. The number of aromatic nitrogens is 2. The molecule has 0 amide bonds. The Hall–Kier alpha value is -1.41. The van der Waals surface area contributed by atoms with Gasteiger partial charge in [0.05, 0.1) is 11.6 Å². The summed E-state index contributed by atoms with van der Waals surface area (Å²) in [5.74, 6) is 1.24. The van der Waals surface area contributed by atoms with E-state index in [9.17, 15) is 0 Å². The van der Waals surface area contributed by atoms with Gasteiger partial charge in [0.1, 0.15) is 5.82 Å². The summed E-state index contributed by atoms with van der Waals surface area (Å²) in [5, 5.41) is 0. The molecule has 0 bridgehead atoms. The van der Waals surface area contributed by atoms with Crippen molar-refractivity contribution in [3.8, 4) is 0 Å². The minimum absolute atomic E-state index is 0.214. The summed E-state index contributed by atoms with van der Waals surface area (Å²) in [7, 11) is 0. The van der Waals surface area contributed by atoms with Gasteiger partial charge in [0, 0.05) is 11.1 Å². The zero-order valence-electron chi connectivity index (χ0n) is 10.9. The monoisotopic (exact) mass is 260 g/mol. The number of hydrogen-bond acceptors (Lipinski definition) is 2. The highest BCUT2D eigenvalue weighted by Crippen LogP contribution is 2.29. The van der Waals surface area contributed by atoms with E-state index in [1.807, 2.05) is 31.2 Å². The second kappa shape index (κ2) is 5.07. The summed E-state index contributed by atoms with van der Waals surface area (Å²) in [4.78, 5) is 9.12. The summed E-state index contributed by atoms with van der Waals surface area (Å²) in [5.41, 5.74) is 2.83. The normalized spacial score (nSPS) is 11.6. The molecule has 94 valence electrons. The highest BCUT2D eigenvalue weighted by molar-refractivity contribution is 6.16. The molecule has 0 saturated heterocycles. The second-order valence-corrected chi connectivity index (χ2v) is 5.22. The molecular formula is C15H17ClN2. The molecule has 0 aliphatic rings. The third kappa shape index (κ3) is 2.54. The van der Waals surface area contributed by atoms with Crippen molar-refractivity contribution < 1.29 is 0 Å². The van der Waals surface area contributed by atoms with Gasteiger partial charge in [-0.15, -0.1) is 11.6 Å². The molecule has 0 atom stereocenters. The summed E-state index contributed by atoms with van der Waals surface area (Å²) in [6, 6.07) is 12.2. The average Bonchev–Trinajstić information content (AvgIpc) is 2.39. The molecule has 1 aromatic heterocycles. The fourth-order valence-corrected chi connectivity index (χ4v) is 2.10. The fraction of sp³-hybridized carbons (Fsp3) is 0.333. The lowest BCUT2D eigenvalue weighted by molar-refractivity contribution is 0.584. The van der Waals surface area contributed by atoms with Gasteiger partial charge in [-0.1, -0.05) is 30.3 Å². The SMILES string of the molecule is Cc1cc(CCl)nc(C(C)(C)c2ccccc2)n1. The maximum atomic E-state index is 5.88. The van der Waals surface area contributed by atoms with Gasteiger partial charge in [-0.2, -0.15) is 0 Å². The molecular weight excluding hydrogens is 244 g/mol. The topological polar surface area (TPSA) is 25.8 Å². The van der Waals surface area contributed by atoms with Crippen molar-refractivity contribution in [2.45, 2.75) is 32.1 Å². The van der Waals surface area contributed by atoms with E-state index in [0.29, 0.717) is 5.88 Å². The van der Waals surface area contributed by atoms with E-state index in [-0.39, 0.29) is 5.41 Å². The lowest BCUT2D eigenvalue weighted by Crippen LogP contribution is -2.23. The Kier molecular flexibility index (Phi) is 3.67. The van der Waals surface area contributed by atoms with Crippen LogP contribution in [-0.2, 0) is 11.3 Å². The van der Waals surface area contributed by atoms with E-state index >= 15 is 0 Å². The third-order valence-electron chi connectivity index (χ3n) is 3.10. The molecule has 0 N–H and O–H groups in total. The van der Waals surface area contributed by atoms with Crippen molar-refractivity contribution >= 4 is 11.6 Å². The van der Waals surface area contributed by atoms with E-state index in [0.717, 1.165) is 17.2 Å². The second-order valence-electron chi connectivity index (χ2n) is 4.95. The predicted molar refractivity (Wildman–Crippen MR) is 74.9 cm³/mol. The van der Waals surface area contributed by atoms with E-state index in [4.69, 9.17) is 11.6 Å². The number of nitrogens with zero attached hydrogens (tertiary/aromatic N) is 2. The van der Waals surface area contributed by atoms with E-state index in [1.54, 1.807) is 0 Å². The molecule has 0 aliphatic heterocycles. The minimum atomic E-state index is -0.214. The zero-order valence-corrected chi connectivity index (χ0v) is 11.7. The molecule has 0 saturated carbocycles. The van der Waals surface area contributed by atoms with Crippen molar-refractivity contribution in [1.82, 2.24) is 9.97 Å². The quantitative estimate of drug-likeness (QED) is 0.784. The van der Waals surface area contributed by atoms with Crippen molar-refractivity contribution in [3.63, 3.8) is 0 Å². The molecule has 0 radical (unpaired) electrons. The van der Waals surface area contributed by atoms with Crippen molar-refractivity contribution in [2.75, 3.05) is 0 Å². The molecule has 2 nitrogen and oxygen atoms in total. The molecule has 0 spiro atoms. The first kappa shape index (κ1) is 13.0. The number of hydrogen-bond donors (Lipinski definition) is 0. The summed E-state index contributed by atoms with van der Waals surface area (Å²) >= 11 is 5.88. The fourth-order valence-electron chi connectivity index (χ4n) is 1.97. The van der Waals surface area contributed by atoms with Crippen LogP contribution in [0, 0.1) is 6.92 Å². The van der Waals surface area contributed by atoms with Gasteiger partial charge in [-0.05, 0) is 32.4 Å². The predicted octanol–water partition coefficient (Wildman–Crippen LogP) is 3.85. The van der Waals surface area contributed by atoms with Crippen LogP contribution < -0.4 is 0 Å². The Morgan fingerprint density at radius 2 is 1.78 bits per heavy atom. The number of aryl methyl sites for hydroxylation is 1. The maximum absolute atomic E-state index is 5.88. The Balaban J connectivity index is 2.50. The van der Waals surface area contributed by atoms with Gasteiger partial charge in [0.25, 0.3) is 0 Å². The smallest absolute Gasteiger partial charge is 0.138 e.